The fraction of sp³-hybridized carbons (Fsp3) is 1.00. The van der Waals surface area contributed by atoms with Crippen molar-refractivity contribution in [2.75, 3.05) is 33.9 Å². The highest BCUT2D eigenvalue weighted by atomic mass is 16.7. The molecule has 2 fully saturated rings. The van der Waals surface area contributed by atoms with Crippen LogP contribution in [0.1, 0.15) is 32.6 Å². The minimum atomic E-state index is -0.309. The Bertz CT molecular complexity index is 233. The molecule has 0 spiro atoms. The first-order chi connectivity index (χ1) is 8.23. The van der Waals surface area contributed by atoms with Gasteiger partial charge in [-0.1, -0.05) is 0 Å². The van der Waals surface area contributed by atoms with E-state index in [-0.39, 0.29) is 5.79 Å². The van der Waals surface area contributed by atoms with Crippen LogP contribution in [0, 0.1) is 0 Å². The van der Waals surface area contributed by atoms with Crippen molar-refractivity contribution in [3.8, 4) is 0 Å². The van der Waals surface area contributed by atoms with E-state index in [0.29, 0.717) is 12.1 Å². The number of nitrogens with zero attached hydrogens (tertiary/aromatic N) is 1. The molecule has 0 bridgehead atoms. The lowest BCUT2D eigenvalue weighted by Gasteiger charge is -2.48. The highest BCUT2D eigenvalue weighted by Gasteiger charge is 2.40. The molecule has 0 amide bonds. The van der Waals surface area contributed by atoms with Gasteiger partial charge in [-0.2, -0.15) is 0 Å². The van der Waals surface area contributed by atoms with Gasteiger partial charge in [0.2, 0.25) is 0 Å². The van der Waals surface area contributed by atoms with Crippen LogP contribution in [-0.2, 0) is 14.2 Å². The lowest BCUT2D eigenvalue weighted by molar-refractivity contribution is -0.243. The van der Waals surface area contributed by atoms with Crippen molar-refractivity contribution in [3.05, 3.63) is 0 Å². The molecule has 2 rings (SSSR count). The van der Waals surface area contributed by atoms with E-state index in [2.05, 4.69) is 4.90 Å². The number of ether oxygens (including phenoxy) is 3. The zero-order valence-corrected chi connectivity index (χ0v) is 11.3. The van der Waals surface area contributed by atoms with Crippen molar-refractivity contribution in [1.29, 1.82) is 0 Å². The zero-order chi connectivity index (χ0) is 12.3. The average Bonchev–Trinajstić information content (AvgIpc) is 2.30. The number of hydrogen-bond acceptors (Lipinski definition) is 4. The Morgan fingerprint density at radius 3 is 2.29 bits per heavy atom. The van der Waals surface area contributed by atoms with Crippen LogP contribution in [0.3, 0.4) is 0 Å². The Balaban J connectivity index is 1.77. The van der Waals surface area contributed by atoms with Crippen LogP contribution in [0.2, 0.25) is 0 Å². The minimum Gasteiger partial charge on any atom is -0.379 e. The summed E-state index contributed by atoms with van der Waals surface area (Å²) in [7, 11) is 3.56. The van der Waals surface area contributed by atoms with Crippen molar-refractivity contribution >= 4 is 0 Å². The van der Waals surface area contributed by atoms with Gasteiger partial charge < -0.3 is 14.2 Å². The van der Waals surface area contributed by atoms with Gasteiger partial charge >= 0.3 is 0 Å². The Morgan fingerprint density at radius 2 is 1.82 bits per heavy atom. The van der Waals surface area contributed by atoms with Crippen molar-refractivity contribution < 1.29 is 14.2 Å². The summed E-state index contributed by atoms with van der Waals surface area (Å²) < 4.78 is 16.7. The monoisotopic (exact) mass is 243 g/mol. The van der Waals surface area contributed by atoms with Gasteiger partial charge in [-0.25, -0.2) is 0 Å². The first-order valence-electron chi connectivity index (χ1n) is 6.69. The van der Waals surface area contributed by atoms with Crippen molar-refractivity contribution in [3.63, 3.8) is 0 Å². The molecule has 2 aliphatic rings. The summed E-state index contributed by atoms with van der Waals surface area (Å²) >= 11 is 0. The van der Waals surface area contributed by atoms with Gasteiger partial charge in [0.25, 0.3) is 0 Å². The molecule has 1 heterocycles. The highest BCUT2D eigenvalue weighted by molar-refractivity contribution is 4.91. The topological polar surface area (TPSA) is 30.9 Å². The molecule has 0 N–H and O–H groups in total. The summed E-state index contributed by atoms with van der Waals surface area (Å²) in [6.45, 7) is 4.95. The quantitative estimate of drug-likeness (QED) is 0.687. The summed E-state index contributed by atoms with van der Waals surface area (Å²) in [5, 5.41) is 0. The molecule has 1 aliphatic carbocycles. The predicted molar refractivity (Wildman–Crippen MR) is 66.0 cm³/mol. The van der Waals surface area contributed by atoms with Gasteiger partial charge in [-0.05, 0) is 19.8 Å². The lowest BCUT2D eigenvalue weighted by Crippen LogP contribution is -2.58. The van der Waals surface area contributed by atoms with E-state index in [0.717, 1.165) is 32.5 Å². The Morgan fingerprint density at radius 1 is 1.18 bits per heavy atom. The van der Waals surface area contributed by atoms with E-state index in [9.17, 15) is 0 Å². The van der Waals surface area contributed by atoms with Gasteiger partial charge in [-0.3, -0.25) is 4.90 Å². The van der Waals surface area contributed by atoms with Crippen LogP contribution in [0.25, 0.3) is 0 Å². The molecule has 0 aromatic carbocycles. The maximum atomic E-state index is 5.78. The summed E-state index contributed by atoms with van der Waals surface area (Å²) in [5.41, 5.74) is 0. The van der Waals surface area contributed by atoms with Gasteiger partial charge in [0.05, 0.1) is 6.10 Å². The van der Waals surface area contributed by atoms with Gasteiger partial charge in [0.15, 0.2) is 5.79 Å². The lowest BCUT2D eigenvalue weighted by atomic mass is 9.87. The second kappa shape index (κ2) is 5.65. The van der Waals surface area contributed by atoms with Crippen LogP contribution >= 0.6 is 0 Å². The van der Waals surface area contributed by atoms with E-state index in [4.69, 9.17) is 14.2 Å². The molecule has 1 saturated carbocycles. The molecular weight excluding hydrogens is 218 g/mol. The van der Waals surface area contributed by atoms with Gasteiger partial charge in [0.1, 0.15) is 0 Å². The van der Waals surface area contributed by atoms with Crippen LogP contribution in [0.5, 0.6) is 0 Å². The Labute approximate surface area is 104 Å². The Hall–Kier alpha value is -0.160. The third-order valence-corrected chi connectivity index (χ3v) is 4.22. The molecule has 0 atom stereocenters. The zero-order valence-electron chi connectivity index (χ0n) is 11.3. The molecule has 0 radical (unpaired) electrons. The number of rotatable bonds is 5. The smallest absolute Gasteiger partial charge is 0.167 e. The Kier molecular flexibility index (Phi) is 4.42. The third kappa shape index (κ3) is 2.81. The maximum absolute atomic E-state index is 5.78. The van der Waals surface area contributed by atoms with Crippen molar-refractivity contribution in [2.45, 2.75) is 50.5 Å². The third-order valence-electron chi connectivity index (χ3n) is 4.22. The van der Waals surface area contributed by atoms with E-state index in [1.807, 2.05) is 6.92 Å². The molecule has 1 aliphatic heterocycles. The van der Waals surface area contributed by atoms with E-state index in [1.54, 1.807) is 14.2 Å². The fourth-order valence-electron chi connectivity index (χ4n) is 2.99. The van der Waals surface area contributed by atoms with Crippen LogP contribution in [-0.4, -0.2) is 56.7 Å². The van der Waals surface area contributed by atoms with Crippen molar-refractivity contribution in [1.82, 2.24) is 4.90 Å². The summed E-state index contributed by atoms with van der Waals surface area (Å²) in [6.07, 6.45) is 4.82. The standard InChI is InChI=1S/C13H25NO3/c1-4-17-13(16-3)7-5-11(6-8-13)14-9-12(10-14)15-2/h11-12H,4-10H2,1-3H3. The molecular formula is C13H25NO3. The number of methoxy groups -OCH3 is 2. The molecule has 4 heteroatoms. The van der Waals surface area contributed by atoms with E-state index < -0.39 is 0 Å². The second-order valence-corrected chi connectivity index (χ2v) is 5.09. The second-order valence-electron chi connectivity index (χ2n) is 5.09. The van der Waals surface area contributed by atoms with Gasteiger partial charge in [0, 0.05) is 52.8 Å². The number of likely N-dealkylation sites (tertiary alicyclic amines) is 1. The minimum absolute atomic E-state index is 0.309. The first-order valence-corrected chi connectivity index (χ1v) is 6.69. The molecule has 0 unspecified atom stereocenters. The predicted octanol–water partition coefficient (Wildman–Crippen LogP) is 1.64. The molecule has 0 aromatic rings. The maximum Gasteiger partial charge on any atom is 0.167 e. The summed E-state index contributed by atoms with van der Waals surface area (Å²) in [5.74, 6) is -0.309. The van der Waals surface area contributed by atoms with Crippen LogP contribution in [0.4, 0.5) is 0 Å². The fourth-order valence-corrected chi connectivity index (χ4v) is 2.99. The highest BCUT2D eigenvalue weighted by Crippen LogP contribution is 2.35. The average molecular weight is 243 g/mol. The largest absolute Gasteiger partial charge is 0.379 e. The molecule has 0 aromatic heterocycles. The van der Waals surface area contributed by atoms with Crippen LogP contribution < -0.4 is 0 Å². The van der Waals surface area contributed by atoms with Crippen LogP contribution in [0.15, 0.2) is 0 Å². The normalized spacial score (nSPS) is 35.8. The molecule has 1 saturated heterocycles. The SMILES string of the molecule is CCOC1(OC)CCC(N2CC(OC)C2)CC1. The molecule has 17 heavy (non-hydrogen) atoms. The summed E-state index contributed by atoms with van der Waals surface area (Å²) in [4.78, 5) is 2.53. The van der Waals surface area contributed by atoms with Crippen molar-refractivity contribution in [2.24, 2.45) is 0 Å². The first kappa shape index (κ1) is 13.3. The van der Waals surface area contributed by atoms with E-state index >= 15 is 0 Å². The molecule has 100 valence electrons. The number of hydrogen-bond donors (Lipinski definition) is 0. The summed E-state index contributed by atoms with van der Waals surface area (Å²) in [6, 6.07) is 0.699. The van der Waals surface area contributed by atoms with Gasteiger partial charge in [-0.15, -0.1) is 0 Å². The molecule has 4 nitrogen and oxygen atoms in total. The van der Waals surface area contributed by atoms with E-state index in [1.165, 1.54) is 12.8 Å².